The molecule has 0 atom stereocenters. The Labute approximate surface area is 154 Å². The summed E-state index contributed by atoms with van der Waals surface area (Å²) in [6.07, 6.45) is 0. The Morgan fingerprint density at radius 2 is 1.88 bits per heavy atom. The van der Waals surface area contributed by atoms with Crippen molar-refractivity contribution in [2.75, 3.05) is 5.75 Å². The van der Waals surface area contributed by atoms with Gasteiger partial charge in [-0.15, -0.1) is 0 Å². The maximum absolute atomic E-state index is 14.3. The van der Waals surface area contributed by atoms with Crippen molar-refractivity contribution in [3.8, 4) is 5.69 Å². The number of halogens is 1. The second-order valence-electron chi connectivity index (χ2n) is 6.01. The van der Waals surface area contributed by atoms with Gasteiger partial charge in [0.25, 0.3) is 5.56 Å². The number of carbonyl (C=O) groups excluding carboxylic acids is 1. The summed E-state index contributed by atoms with van der Waals surface area (Å²) in [6, 6.07) is 12.9. The molecule has 0 saturated carbocycles. The van der Waals surface area contributed by atoms with E-state index in [9.17, 15) is 14.0 Å². The molecule has 26 heavy (non-hydrogen) atoms. The van der Waals surface area contributed by atoms with Crippen LogP contribution in [0.2, 0.25) is 0 Å². The van der Waals surface area contributed by atoms with E-state index >= 15 is 0 Å². The third-order valence-electron chi connectivity index (χ3n) is 3.62. The van der Waals surface area contributed by atoms with E-state index in [2.05, 4.69) is 10.3 Å². The van der Waals surface area contributed by atoms with E-state index in [0.29, 0.717) is 10.9 Å². The standard InChI is InChI=1S/C19H18FN3O2S/c1-12(2)21-17(24)11-26-19-22-15-9-5-3-7-13(15)18(25)23(19)16-10-6-4-8-14(16)20/h3-10,12H,11H2,1-2H3,(H,21,24). The fourth-order valence-electron chi connectivity index (χ4n) is 2.55. The van der Waals surface area contributed by atoms with Crippen molar-refractivity contribution in [3.05, 3.63) is 64.7 Å². The van der Waals surface area contributed by atoms with Crippen LogP contribution in [0.4, 0.5) is 4.39 Å². The number of carbonyl (C=O) groups is 1. The Bertz CT molecular complexity index is 1020. The maximum Gasteiger partial charge on any atom is 0.266 e. The number of nitrogens with one attached hydrogen (secondary N) is 1. The topological polar surface area (TPSA) is 64.0 Å². The fourth-order valence-corrected chi connectivity index (χ4v) is 3.37. The zero-order valence-corrected chi connectivity index (χ0v) is 15.2. The van der Waals surface area contributed by atoms with E-state index in [1.54, 1.807) is 36.4 Å². The van der Waals surface area contributed by atoms with Crippen LogP contribution in [0.15, 0.2) is 58.5 Å². The minimum atomic E-state index is -0.528. The van der Waals surface area contributed by atoms with Gasteiger partial charge in [0.1, 0.15) is 5.82 Å². The monoisotopic (exact) mass is 371 g/mol. The average molecular weight is 371 g/mol. The van der Waals surface area contributed by atoms with Crippen LogP contribution in [-0.4, -0.2) is 27.3 Å². The Hall–Kier alpha value is -2.67. The molecule has 0 spiro atoms. The summed E-state index contributed by atoms with van der Waals surface area (Å²) in [5.41, 5.74) is 0.256. The normalized spacial score (nSPS) is 11.1. The van der Waals surface area contributed by atoms with Crippen LogP contribution in [-0.2, 0) is 4.79 Å². The van der Waals surface area contributed by atoms with E-state index < -0.39 is 5.82 Å². The zero-order chi connectivity index (χ0) is 18.7. The molecule has 1 heterocycles. The SMILES string of the molecule is CC(C)NC(=O)CSc1nc2ccccc2c(=O)n1-c1ccccc1F. The van der Waals surface area contributed by atoms with Crippen LogP contribution in [0.25, 0.3) is 16.6 Å². The minimum absolute atomic E-state index is 0.0152. The van der Waals surface area contributed by atoms with E-state index in [1.165, 1.54) is 16.7 Å². The van der Waals surface area contributed by atoms with Crippen LogP contribution < -0.4 is 10.9 Å². The van der Waals surface area contributed by atoms with E-state index in [1.807, 2.05) is 13.8 Å². The highest BCUT2D eigenvalue weighted by atomic mass is 32.2. The molecule has 0 fully saturated rings. The summed E-state index contributed by atoms with van der Waals surface area (Å²) in [7, 11) is 0. The number of aromatic nitrogens is 2. The van der Waals surface area contributed by atoms with Gasteiger partial charge in [-0.2, -0.15) is 0 Å². The lowest BCUT2D eigenvalue weighted by atomic mass is 10.2. The lowest BCUT2D eigenvalue weighted by molar-refractivity contribution is -0.119. The number of thioether (sulfide) groups is 1. The third-order valence-corrected chi connectivity index (χ3v) is 4.56. The van der Waals surface area contributed by atoms with Gasteiger partial charge >= 0.3 is 0 Å². The molecule has 3 rings (SSSR count). The first-order valence-electron chi connectivity index (χ1n) is 8.16. The van der Waals surface area contributed by atoms with Crippen molar-refractivity contribution >= 4 is 28.6 Å². The van der Waals surface area contributed by atoms with Gasteiger partial charge < -0.3 is 5.32 Å². The Morgan fingerprint density at radius 1 is 1.19 bits per heavy atom. The molecule has 0 aliphatic heterocycles. The summed E-state index contributed by atoms with van der Waals surface area (Å²) in [6.45, 7) is 3.73. The summed E-state index contributed by atoms with van der Waals surface area (Å²) in [4.78, 5) is 29.4. The van der Waals surface area contributed by atoms with Crippen molar-refractivity contribution in [2.45, 2.75) is 25.0 Å². The summed E-state index contributed by atoms with van der Waals surface area (Å²) >= 11 is 1.10. The van der Waals surface area contributed by atoms with Gasteiger partial charge in [0.15, 0.2) is 5.16 Å². The molecule has 0 aliphatic carbocycles. The van der Waals surface area contributed by atoms with Crippen LogP contribution in [0.1, 0.15) is 13.8 Å². The Kier molecular flexibility index (Phi) is 5.37. The lowest BCUT2D eigenvalue weighted by Gasteiger charge is -2.14. The van der Waals surface area contributed by atoms with Gasteiger partial charge in [-0.05, 0) is 38.1 Å². The Morgan fingerprint density at radius 3 is 2.62 bits per heavy atom. The van der Waals surface area contributed by atoms with Gasteiger partial charge in [-0.25, -0.2) is 9.37 Å². The van der Waals surface area contributed by atoms with Crippen molar-refractivity contribution < 1.29 is 9.18 Å². The van der Waals surface area contributed by atoms with Crippen molar-refractivity contribution in [1.29, 1.82) is 0 Å². The fraction of sp³-hybridized carbons (Fsp3) is 0.211. The molecule has 2 aromatic carbocycles. The highest BCUT2D eigenvalue weighted by Crippen LogP contribution is 2.22. The molecule has 7 heteroatoms. The van der Waals surface area contributed by atoms with Gasteiger partial charge in [0, 0.05) is 6.04 Å². The number of benzene rings is 2. The van der Waals surface area contributed by atoms with Crippen molar-refractivity contribution in [2.24, 2.45) is 0 Å². The van der Waals surface area contributed by atoms with Crippen LogP contribution in [0.3, 0.4) is 0 Å². The predicted octanol–water partition coefficient (Wildman–Crippen LogP) is 3.14. The predicted molar refractivity (Wildman–Crippen MR) is 101 cm³/mol. The Balaban J connectivity index is 2.11. The molecule has 0 unspecified atom stereocenters. The quantitative estimate of drug-likeness (QED) is 0.553. The molecule has 0 bridgehead atoms. The highest BCUT2D eigenvalue weighted by molar-refractivity contribution is 7.99. The molecular formula is C19H18FN3O2S. The van der Waals surface area contributed by atoms with Gasteiger partial charge in [0.05, 0.1) is 22.3 Å². The maximum atomic E-state index is 14.3. The molecule has 1 N–H and O–H groups in total. The van der Waals surface area contributed by atoms with E-state index in [0.717, 1.165) is 11.8 Å². The first-order chi connectivity index (χ1) is 12.5. The molecular weight excluding hydrogens is 353 g/mol. The first kappa shape index (κ1) is 18.1. The number of rotatable bonds is 5. The minimum Gasteiger partial charge on any atom is -0.353 e. The number of para-hydroxylation sites is 2. The number of nitrogens with zero attached hydrogens (tertiary/aromatic N) is 2. The lowest BCUT2D eigenvalue weighted by Crippen LogP contribution is -2.32. The highest BCUT2D eigenvalue weighted by Gasteiger charge is 2.17. The summed E-state index contributed by atoms with van der Waals surface area (Å²) in [5.74, 6) is -0.620. The zero-order valence-electron chi connectivity index (χ0n) is 14.4. The summed E-state index contributed by atoms with van der Waals surface area (Å²) < 4.78 is 15.6. The van der Waals surface area contributed by atoms with Crippen molar-refractivity contribution in [3.63, 3.8) is 0 Å². The number of fused-ring (bicyclic) bond motifs is 1. The van der Waals surface area contributed by atoms with Crippen LogP contribution in [0, 0.1) is 5.82 Å². The number of hydrogen-bond acceptors (Lipinski definition) is 4. The summed E-state index contributed by atoms with van der Waals surface area (Å²) in [5, 5.41) is 3.46. The van der Waals surface area contributed by atoms with E-state index in [4.69, 9.17) is 0 Å². The van der Waals surface area contributed by atoms with Crippen LogP contribution in [0.5, 0.6) is 0 Å². The average Bonchev–Trinajstić information content (AvgIpc) is 2.60. The van der Waals surface area contributed by atoms with Crippen LogP contribution >= 0.6 is 11.8 Å². The molecule has 0 saturated heterocycles. The third kappa shape index (κ3) is 3.77. The molecule has 1 amide bonds. The van der Waals surface area contributed by atoms with Gasteiger partial charge in [-0.3, -0.25) is 14.2 Å². The van der Waals surface area contributed by atoms with E-state index in [-0.39, 0.29) is 34.1 Å². The second kappa shape index (κ2) is 7.70. The van der Waals surface area contributed by atoms with Gasteiger partial charge in [-0.1, -0.05) is 36.0 Å². The number of hydrogen-bond donors (Lipinski definition) is 1. The largest absolute Gasteiger partial charge is 0.353 e. The number of amides is 1. The van der Waals surface area contributed by atoms with Gasteiger partial charge in [0.2, 0.25) is 5.91 Å². The molecule has 5 nitrogen and oxygen atoms in total. The molecule has 3 aromatic rings. The molecule has 0 radical (unpaired) electrons. The second-order valence-corrected chi connectivity index (χ2v) is 6.96. The first-order valence-corrected chi connectivity index (χ1v) is 9.15. The molecule has 134 valence electrons. The molecule has 0 aliphatic rings. The smallest absolute Gasteiger partial charge is 0.266 e. The molecule has 1 aromatic heterocycles. The van der Waals surface area contributed by atoms with Crippen molar-refractivity contribution in [1.82, 2.24) is 14.9 Å².